The molecule has 1 aromatic heterocycles. The van der Waals surface area contributed by atoms with Gasteiger partial charge in [0.1, 0.15) is 5.01 Å². The molecule has 0 aliphatic heterocycles. The number of aromatic nitrogens is 1. The molecule has 8 nitrogen and oxygen atoms in total. The molecule has 9 heteroatoms. The highest BCUT2D eigenvalue weighted by molar-refractivity contribution is 7.15. The summed E-state index contributed by atoms with van der Waals surface area (Å²) in [5, 5.41) is 16.6. The average Bonchev–Trinajstić information content (AvgIpc) is 3.09. The van der Waals surface area contributed by atoms with Gasteiger partial charge in [-0.25, -0.2) is 4.98 Å². The number of rotatable bonds is 6. The Labute approximate surface area is 177 Å². The molecule has 3 aromatic rings. The fourth-order valence-electron chi connectivity index (χ4n) is 2.79. The molecule has 30 heavy (non-hydrogen) atoms. The maximum absolute atomic E-state index is 12.0. The van der Waals surface area contributed by atoms with Gasteiger partial charge in [0.25, 0.3) is 5.69 Å². The zero-order valence-electron chi connectivity index (χ0n) is 16.5. The molecular weight excluding hydrogens is 404 g/mol. The fourth-order valence-corrected chi connectivity index (χ4v) is 3.84. The van der Waals surface area contributed by atoms with Gasteiger partial charge in [-0.15, -0.1) is 11.3 Å². The number of carbonyl (C=O) groups excluding carboxylic acids is 2. The van der Waals surface area contributed by atoms with Crippen LogP contribution < -0.4 is 10.6 Å². The Hall–Kier alpha value is -3.59. The normalized spacial score (nSPS) is 10.5. The Morgan fingerprint density at radius 1 is 1.10 bits per heavy atom. The predicted molar refractivity (Wildman–Crippen MR) is 115 cm³/mol. The second kappa shape index (κ2) is 9.27. The third kappa shape index (κ3) is 5.26. The van der Waals surface area contributed by atoms with Gasteiger partial charge < -0.3 is 10.6 Å². The lowest BCUT2D eigenvalue weighted by Gasteiger charge is -2.06. The molecule has 2 amide bonds. The maximum Gasteiger partial charge on any atom is 0.313 e. The van der Waals surface area contributed by atoms with Gasteiger partial charge >= 0.3 is 11.8 Å². The summed E-state index contributed by atoms with van der Waals surface area (Å²) in [7, 11) is 0. The number of nitro groups is 1. The van der Waals surface area contributed by atoms with E-state index in [9.17, 15) is 19.7 Å². The van der Waals surface area contributed by atoms with Crippen molar-refractivity contribution < 1.29 is 14.5 Å². The second-order valence-corrected chi connectivity index (χ2v) is 7.74. The Bertz CT molecular complexity index is 1090. The third-order valence-corrected chi connectivity index (χ3v) is 5.60. The van der Waals surface area contributed by atoms with Crippen LogP contribution in [0.1, 0.15) is 16.1 Å². The van der Waals surface area contributed by atoms with Crippen LogP contribution in [0.5, 0.6) is 0 Å². The van der Waals surface area contributed by atoms with Crippen molar-refractivity contribution in [3.63, 3.8) is 0 Å². The van der Waals surface area contributed by atoms with Crippen LogP contribution >= 0.6 is 11.3 Å². The van der Waals surface area contributed by atoms with Crippen molar-refractivity contribution in [1.82, 2.24) is 10.3 Å². The molecule has 0 saturated heterocycles. The molecule has 0 radical (unpaired) electrons. The number of hydrogen-bond acceptors (Lipinski definition) is 6. The van der Waals surface area contributed by atoms with Gasteiger partial charge in [0, 0.05) is 41.2 Å². The Balaban J connectivity index is 1.52. The lowest BCUT2D eigenvalue weighted by atomic mass is 10.1. The molecule has 0 bridgehead atoms. The summed E-state index contributed by atoms with van der Waals surface area (Å²) < 4.78 is 0. The summed E-state index contributed by atoms with van der Waals surface area (Å²) in [4.78, 5) is 39.8. The quantitative estimate of drug-likeness (QED) is 0.356. The first-order valence-corrected chi connectivity index (χ1v) is 10.0. The van der Waals surface area contributed by atoms with E-state index in [0.29, 0.717) is 18.7 Å². The molecule has 0 fully saturated rings. The number of carbonyl (C=O) groups is 2. The Morgan fingerprint density at radius 2 is 1.83 bits per heavy atom. The van der Waals surface area contributed by atoms with Crippen LogP contribution in [0.3, 0.4) is 0 Å². The molecule has 2 aromatic carbocycles. The van der Waals surface area contributed by atoms with Gasteiger partial charge in [0.05, 0.1) is 10.6 Å². The van der Waals surface area contributed by atoms with E-state index < -0.39 is 16.7 Å². The number of hydrogen-bond donors (Lipinski definition) is 2. The first-order valence-electron chi connectivity index (χ1n) is 9.20. The van der Waals surface area contributed by atoms with Crippen molar-refractivity contribution in [1.29, 1.82) is 0 Å². The van der Waals surface area contributed by atoms with Crippen LogP contribution in [0.25, 0.3) is 10.6 Å². The molecular formula is C21H20N4O4S. The highest BCUT2D eigenvalue weighted by Crippen LogP contribution is 2.28. The molecule has 0 aliphatic carbocycles. The maximum atomic E-state index is 12.0. The van der Waals surface area contributed by atoms with Crippen molar-refractivity contribution in [3.8, 4) is 10.6 Å². The standard InChI is InChI=1S/C21H20N4O4S/c1-13-4-3-5-15(12-13)21-23-14(2)18(30-21)10-11-22-19(26)20(27)24-16-6-8-17(9-7-16)25(28)29/h3-9,12H,10-11H2,1-2H3,(H,22,26)(H,24,27). The van der Waals surface area contributed by atoms with Gasteiger partial charge in [-0.1, -0.05) is 23.8 Å². The highest BCUT2D eigenvalue weighted by Gasteiger charge is 2.15. The second-order valence-electron chi connectivity index (χ2n) is 6.66. The minimum absolute atomic E-state index is 0.0950. The topological polar surface area (TPSA) is 114 Å². The van der Waals surface area contributed by atoms with Gasteiger partial charge in [-0.05, 0) is 32.0 Å². The summed E-state index contributed by atoms with van der Waals surface area (Å²) in [6.07, 6.45) is 0.561. The number of nitrogens with zero attached hydrogens (tertiary/aromatic N) is 2. The zero-order chi connectivity index (χ0) is 21.7. The third-order valence-electron chi connectivity index (χ3n) is 4.34. The smallest absolute Gasteiger partial charge is 0.313 e. The Morgan fingerprint density at radius 3 is 2.50 bits per heavy atom. The van der Waals surface area contributed by atoms with Crippen molar-refractivity contribution >= 4 is 34.5 Å². The molecule has 0 atom stereocenters. The molecule has 3 rings (SSSR count). The number of nitrogens with one attached hydrogen (secondary N) is 2. The molecule has 0 aliphatic rings. The van der Waals surface area contributed by atoms with Crippen LogP contribution in [-0.2, 0) is 16.0 Å². The van der Waals surface area contributed by atoms with Gasteiger partial charge in [-0.3, -0.25) is 19.7 Å². The molecule has 0 unspecified atom stereocenters. The minimum atomic E-state index is -0.828. The highest BCUT2D eigenvalue weighted by atomic mass is 32.1. The number of nitro benzene ring substituents is 1. The van der Waals surface area contributed by atoms with E-state index in [-0.39, 0.29) is 5.69 Å². The van der Waals surface area contributed by atoms with Crippen LogP contribution in [0.4, 0.5) is 11.4 Å². The van der Waals surface area contributed by atoms with Gasteiger partial charge in [0.2, 0.25) is 0 Å². The van der Waals surface area contributed by atoms with Crippen LogP contribution in [-0.4, -0.2) is 28.3 Å². The molecule has 2 N–H and O–H groups in total. The van der Waals surface area contributed by atoms with Crippen LogP contribution in [0.2, 0.25) is 0 Å². The van der Waals surface area contributed by atoms with E-state index in [1.807, 2.05) is 32.0 Å². The number of thiazole rings is 1. The summed E-state index contributed by atoms with van der Waals surface area (Å²) >= 11 is 1.57. The monoisotopic (exact) mass is 424 g/mol. The molecule has 0 saturated carbocycles. The summed E-state index contributed by atoms with van der Waals surface area (Å²) in [5.74, 6) is -1.60. The number of non-ortho nitro benzene ring substituents is 1. The van der Waals surface area contributed by atoms with E-state index >= 15 is 0 Å². The molecule has 0 spiro atoms. The lowest BCUT2D eigenvalue weighted by molar-refractivity contribution is -0.384. The number of aryl methyl sites for hydroxylation is 2. The van der Waals surface area contributed by atoms with E-state index in [0.717, 1.165) is 26.7 Å². The van der Waals surface area contributed by atoms with E-state index in [4.69, 9.17) is 0 Å². The van der Waals surface area contributed by atoms with Gasteiger partial charge in [-0.2, -0.15) is 0 Å². The predicted octanol–water partition coefficient (Wildman–Crippen LogP) is 3.63. The summed E-state index contributed by atoms with van der Waals surface area (Å²) in [5.41, 5.74) is 3.33. The van der Waals surface area contributed by atoms with Crippen molar-refractivity contribution in [2.75, 3.05) is 11.9 Å². The lowest BCUT2D eigenvalue weighted by Crippen LogP contribution is -2.36. The summed E-state index contributed by atoms with van der Waals surface area (Å²) in [6.45, 7) is 4.25. The number of amides is 2. The number of benzene rings is 2. The first-order chi connectivity index (χ1) is 14.3. The average molecular weight is 424 g/mol. The van der Waals surface area contributed by atoms with Crippen LogP contribution in [0, 0.1) is 24.0 Å². The SMILES string of the molecule is Cc1cccc(-c2nc(C)c(CCNC(=O)C(=O)Nc3ccc([N+](=O)[O-])cc3)s2)c1. The van der Waals surface area contributed by atoms with E-state index in [1.165, 1.54) is 24.3 Å². The Kier molecular flexibility index (Phi) is 6.53. The number of anilines is 1. The van der Waals surface area contributed by atoms with E-state index in [1.54, 1.807) is 11.3 Å². The van der Waals surface area contributed by atoms with E-state index in [2.05, 4.69) is 21.7 Å². The zero-order valence-corrected chi connectivity index (χ0v) is 17.3. The van der Waals surface area contributed by atoms with Crippen molar-refractivity contribution in [2.45, 2.75) is 20.3 Å². The summed E-state index contributed by atoms with van der Waals surface area (Å²) in [6, 6.07) is 13.4. The largest absolute Gasteiger partial charge is 0.347 e. The van der Waals surface area contributed by atoms with Crippen molar-refractivity contribution in [2.24, 2.45) is 0 Å². The molecule has 1 heterocycles. The van der Waals surface area contributed by atoms with Crippen molar-refractivity contribution in [3.05, 3.63) is 74.8 Å². The fraction of sp³-hybridized carbons (Fsp3) is 0.190. The minimum Gasteiger partial charge on any atom is -0.347 e. The molecule has 154 valence electrons. The first kappa shape index (κ1) is 21.1. The van der Waals surface area contributed by atoms with Gasteiger partial charge in [0.15, 0.2) is 0 Å². The van der Waals surface area contributed by atoms with Crippen LogP contribution in [0.15, 0.2) is 48.5 Å².